The third-order valence-electron chi connectivity index (χ3n) is 5.39. The zero-order valence-electron chi connectivity index (χ0n) is 16.9. The average molecular weight is 426 g/mol. The highest BCUT2D eigenvalue weighted by Gasteiger charge is 2.62. The summed E-state index contributed by atoms with van der Waals surface area (Å²) in [4.78, 5) is 47.5. The number of anilines is 2. The molecule has 0 spiro atoms. The van der Waals surface area contributed by atoms with Crippen LogP contribution >= 0.6 is 0 Å². The van der Waals surface area contributed by atoms with Gasteiger partial charge in [0.15, 0.2) is 0 Å². The summed E-state index contributed by atoms with van der Waals surface area (Å²) in [6, 6.07) is 13.7. The smallest absolute Gasteiger partial charge is 0.308 e. The SMILES string of the molecule is CNc1ccc(Oc2ccc(NC(=O)C3C(C(C)=O)C(C(=O)O)C3C(=O)O)cc2)cc1. The molecule has 1 fully saturated rings. The number of aliphatic carboxylic acids is 2. The topological polar surface area (TPSA) is 142 Å². The number of carbonyl (C=O) groups is 4. The Kier molecular flexibility index (Phi) is 6.24. The van der Waals surface area contributed by atoms with Gasteiger partial charge in [0.1, 0.15) is 17.3 Å². The molecule has 0 aliphatic heterocycles. The first-order chi connectivity index (χ1) is 14.7. The predicted molar refractivity (Wildman–Crippen MR) is 111 cm³/mol. The maximum Gasteiger partial charge on any atom is 0.308 e. The van der Waals surface area contributed by atoms with Crippen molar-refractivity contribution in [3.05, 3.63) is 48.5 Å². The molecule has 0 saturated heterocycles. The van der Waals surface area contributed by atoms with Crippen LogP contribution in [0.4, 0.5) is 11.4 Å². The Morgan fingerprint density at radius 1 is 0.742 bits per heavy atom. The van der Waals surface area contributed by atoms with Crippen molar-refractivity contribution in [3.8, 4) is 11.5 Å². The van der Waals surface area contributed by atoms with Gasteiger partial charge in [-0.15, -0.1) is 0 Å². The molecule has 4 atom stereocenters. The number of rotatable bonds is 8. The fourth-order valence-corrected chi connectivity index (χ4v) is 3.85. The molecule has 162 valence electrons. The van der Waals surface area contributed by atoms with E-state index in [0.29, 0.717) is 17.2 Å². The van der Waals surface area contributed by atoms with Crippen LogP contribution in [0.3, 0.4) is 0 Å². The number of carboxylic acid groups (broad SMARTS) is 2. The quantitative estimate of drug-likeness (QED) is 0.505. The molecule has 0 bridgehead atoms. The summed E-state index contributed by atoms with van der Waals surface area (Å²) < 4.78 is 5.73. The second-order valence-corrected chi connectivity index (χ2v) is 7.28. The number of Topliss-reactive ketones (excluding diaryl/α,β-unsaturated/α-hetero) is 1. The van der Waals surface area contributed by atoms with Gasteiger partial charge in [0.2, 0.25) is 5.91 Å². The van der Waals surface area contributed by atoms with E-state index in [1.807, 2.05) is 19.2 Å². The summed E-state index contributed by atoms with van der Waals surface area (Å²) in [5, 5.41) is 24.2. The van der Waals surface area contributed by atoms with Gasteiger partial charge in [0, 0.05) is 24.3 Å². The Bertz CT molecular complexity index is 980. The van der Waals surface area contributed by atoms with E-state index in [2.05, 4.69) is 10.6 Å². The number of nitrogens with one attached hydrogen (secondary N) is 2. The van der Waals surface area contributed by atoms with Gasteiger partial charge in [-0.25, -0.2) is 0 Å². The molecule has 0 radical (unpaired) electrons. The van der Waals surface area contributed by atoms with Crippen molar-refractivity contribution in [3.63, 3.8) is 0 Å². The largest absolute Gasteiger partial charge is 0.481 e. The zero-order chi connectivity index (χ0) is 22.7. The summed E-state index contributed by atoms with van der Waals surface area (Å²) in [5.74, 6) is -8.23. The molecular weight excluding hydrogens is 404 g/mol. The Labute approximate surface area is 178 Å². The molecule has 1 aliphatic carbocycles. The number of amides is 1. The highest BCUT2D eigenvalue weighted by atomic mass is 16.5. The molecule has 3 rings (SSSR count). The van der Waals surface area contributed by atoms with Crippen LogP contribution in [0.15, 0.2) is 48.5 Å². The number of hydrogen-bond acceptors (Lipinski definition) is 6. The van der Waals surface area contributed by atoms with E-state index in [-0.39, 0.29) is 0 Å². The summed E-state index contributed by atoms with van der Waals surface area (Å²) in [6.45, 7) is 1.16. The van der Waals surface area contributed by atoms with Crippen LogP contribution in [0, 0.1) is 23.7 Å². The van der Waals surface area contributed by atoms with Crippen LogP contribution in [-0.4, -0.2) is 40.9 Å². The third kappa shape index (κ3) is 4.50. The summed E-state index contributed by atoms with van der Waals surface area (Å²) >= 11 is 0. The highest BCUT2D eigenvalue weighted by Crippen LogP contribution is 2.47. The van der Waals surface area contributed by atoms with Crippen molar-refractivity contribution in [1.29, 1.82) is 0 Å². The minimum absolute atomic E-state index is 0.369. The predicted octanol–water partition coefficient (Wildman–Crippen LogP) is 2.70. The number of benzene rings is 2. The lowest BCUT2D eigenvalue weighted by Gasteiger charge is -2.45. The Hall–Kier alpha value is -3.88. The first-order valence-electron chi connectivity index (χ1n) is 9.55. The minimum Gasteiger partial charge on any atom is -0.481 e. The van der Waals surface area contributed by atoms with Crippen molar-refractivity contribution in [2.45, 2.75) is 6.92 Å². The van der Waals surface area contributed by atoms with Crippen molar-refractivity contribution in [2.24, 2.45) is 23.7 Å². The molecular formula is C22H22N2O7. The monoisotopic (exact) mass is 426 g/mol. The highest BCUT2D eigenvalue weighted by molar-refractivity contribution is 6.03. The van der Waals surface area contributed by atoms with E-state index in [1.165, 1.54) is 0 Å². The molecule has 2 aromatic rings. The molecule has 0 heterocycles. The second-order valence-electron chi connectivity index (χ2n) is 7.28. The molecule has 9 nitrogen and oxygen atoms in total. The molecule has 9 heteroatoms. The van der Waals surface area contributed by atoms with Gasteiger partial charge in [0.25, 0.3) is 0 Å². The first-order valence-corrected chi connectivity index (χ1v) is 9.55. The van der Waals surface area contributed by atoms with E-state index < -0.39 is 47.3 Å². The van der Waals surface area contributed by atoms with Crippen LogP contribution < -0.4 is 15.4 Å². The van der Waals surface area contributed by atoms with Crippen LogP contribution in [0.2, 0.25) is 0 Å². The minimum atomic E-state index is -1.46. The lowest BCUT2D eigenvalue weighted by Crippen LogP contribution is -2.60. The molecule has 1 saturated carbocycles. The van der Waals surface area contributed by atoms with E-state index >= 15 is 0 Å². The van der Waals surface area contributed by atoms with Crippen LogP contribution in [-0.2, 0) is 19.2 Å². The summed E-state index contributed by atoms with van der Waals surface area (Å²) in [7, 11) is 1.81. The molecule has 2 aromatic carbocycles. The first kappa shape index (κ1) is 21.8. The number of ketones is 1. The van der Waals surface area contributed by atoms with Crippen LogP contribution in [0.25, 0.3) is 0 Å². The number of hydrogen-bond donors (Lipinski definition) is 4. The van der Waals surface area contributed by atoms with Gasteiger partial charge in [0.05, 0.1) is 17.8 Å². The van der Waals surface area contributed by atoms with Gasteiger partial charge in [-0.05, 0) is 55.5 Å². The summed E-state index contributed by atoms with van der Waals surface area (Å²) in [6.07, 6.45) is 0. The molecule has 31 heavy (non-hydrogen) atoms. The summed E-state index contributed by atoms with van der Waals surface area (Å²) in [5.41, 5.74) is 1.31. The van der Waals surface area contributed by atoms with Crippen molar-refractivity contribution < 1.29 is 34.1 Å². The lowest BCUT2D eigenvalue weighted by molar-refractivity contribution is -0.179. The normalized spacial score (nSPS) is 22.0. The maximum absolute atomic E-state index is 12.7. The van der Waals surface area contributed by atoms with Gasteiger partial charge >= 0.3 is 11.9 Å². The van der Waals surface area contributed by atoms with Crippen molar-refractivity contribution in [1.82, 2.24) is 0 Å². The fourth-order valence-electron chi connectivity index (χ4n) is 3.85. The molecule has 0 aromatic heterocycles. The van der Waals surface area contributed by atoms with Gasteiger partial charge in [-0.2, -0.15) is 0 Å². The van der Waals surface area contributed by atoms with Crippen LogP contribution in [0.1, 0.15) is 6.92 Å². The van der Waals surface area contributed by atoms with E-state index in [0.717, 1.165) is 12.6 Å². The Morgan fingerprint density at radius 3 is 1.61 bits per heavy atom. The average Bonchev–Trinajstić information content (AvgIpc) is 2.68. The van der Waals surface area contributed by atoms with Crippen molar-refractivity contribution >= 4 is 35.0 Å². The third-order valence-corrected chi connectivity index (χ3v) is 5.39. The molecule has 4 unspecified atom stereocenters. The van der Waals surface area contributed by atoms with E-state index in [9.17, 15) is 29.4 Å². The Balaban J connectivity index is 1.69. The number of ether oxygens (including phenoxy) is 1. The zero-order valence-corrected chi connectivity index (χ0v) is 16.9. The molecule has 1 amide bonds. The number of carboxylic acids is 2. The van der Waals surface area contributed by atoms with E-state index in [1.54, 1.807) is 36.4 Å². The molecule has 4 N–H and O–H groups in total. The van der Waals surface area contributed by atoms with Gasteiger partial charge in [-0.1, -0.05) is 0 Å². The lowest BCUT2D eigenvalue weighted by atomic mass is 9.55. The van der Waals surface area contributed by atoms with E-state index in [4.69, 9.17) is 4.74 Å². The van der Waals surface area contributed by atoms with Crippen molar-refractivity contribution in [2.75, 3.05) is 17.7 Å². The number of carbonyl (C=O) groups excluding carboxylic acids is 2. The second kappa shape index (κ2) is 8.86. The maximum atomic E-state index is 12.7. The van der Waals surface area contributed by atoms with Gasteiger partial charge < -0.3 is 25.6 Å². The van der Waals surface area contributed by atoms with Crippen LogP contribution in [0.5, 0.6) is 11.5 Å². The fraction of sp³-hybridized carbons (Fsp3) is 0.273. The Morgan fingerprint density at radius 2 is 1.19 bits per heavy atom. The van der Waals surface area contributed by atoms with Gasteiger partial charge in [-0.3, -0.25) is 19.2 Å². The molecule has 1 aliphatic rings. The standard InChI is InChI=1S/C22H22N2O7/c1-11(25)16-17(19(22(29)30)18(16)21(27)28)20(26)24-13-5-9-15(10-6-13)31-14-7-3-12(23-2)4-8-14/h3-10,16-19,23H,1-2H3,(H,24,26)(H,27,28)(H,29,30).